The molecule has 3 rings (SSSR count). The van der Waals surface area contributed by atoms with Crippen LogP contribution in [0.3, 0.4) is 0 Å². The Hall–Kier alpha value is -0.870. The molecule has 5 heteroatoms. The number of hydrogen-bond donors (Lipinski definition) is 1. The van der Waals surface area contributed by atoms with Crippen molar-refractivity contribution < 1.29 is 0 Å². The van der Waals surface area contributed by atoms with Crippen molar-refractivity contribution in [1.29, 1.82) is 0 Å². The number of aromatic nitrogens is 2. The van der Waals surface area contributed by atoms with Crippen molar-refractivity contribution >= 4 is 17.4 Å². The van der Waals surface area contributed by atoms with Gasteiger partial charge in [0, 0.05) is 25.1 Å². The number of anilines is 1. The second kappa shape index (κ2) is 6.72. The number of rotatable bonds is 5. The van der Waals surface area contributed by atoms with Gasteiger partial charge in [0.2, 0.25) is 0 Å². The molecule has 0 spiro atoms. The minimum Gasteiger partial charge on any atom is -0.369 e. The molecular formula is C15H23ClN4. The fraction of sp³-hybridized carbons (Fsp3) is 0.733. The van der Waals surface area contributed by atoms with Crippen LogP contribution < -0.4 is 5.32 Å². The Morgan fingerprint density at radius 3 is 2.60 bits per heavy atom. The Balaban J connectivity index is 1.50. The first-order valence-corrected chi connectivity index (χ1v) is 8.20. The molecule has 0 atom stereocenters. The van der Waals surface area contributed by atoms with E-state index < -0.39 is 0 Å². The molecule has 0 radical (unpaired) electrons. The fourth-order valence-corrected chi connectivity index (χ4v) is 2.94. The summed E-state index contributed by atoms with van der Waals surface area (Å²) >= 11 is 6.07. The fourth-order valence-electron chi connectivity index (χ4n) is 2.75. The number of nitrogens with zero attached hydrogens (tertiary/aromatic N) is 3. The molecule has 20 heavy (non-hydrogen) atoms. The summed E-state index contributed by atoms with van der Waals surface area (Å²) in [7, 11) is 0. The van der Waals surface area contributed by atoms with Crippen LogP contribution in [0.15, 0.2) is 6.07 Å². The van der Waals surface area contributed by atoms with Gasteiger partial charge in [0.15, 0.2) is 0 Å². The summed E-state index contributed by atoms with van der Waals surface area (Å²) in [4.78, 5) is 11.4. The van der Waals surface area contributed by atoms with Crippen molar-refractivity contribution in [3.05, 3.63) is 17.0 Å². The maximum atomic E-state index is 6.07. The van der Waals surface area contributed by atoms with Crippen LogP contribution in [0.1, 0.15) is 50.3 Å². The van der Waals surface area contributed by atoms with Gasteiger partial charge in [-0.2, -0.15) is 0 Å². The minimum atomic E-state index is 0.542. The van der Waals surface area contributed by atoms with Crippen molar-refractivity contribution in [3.8, 4) is 0 Å². The molecule has 2 fully saturated rings. The Morgan fingerprint density at radius 2 is 1.90 bits per heavy atom. The first-order chi connectivity index (χ1) is 9.81. The Labute approximate surface area is 125 Å². The third kappa shape index (κ3) is 4.06. The molecular weight excluding hydrogens is 272 g/mol. The summed E-state index contributed by atoms with van der Waals surface area (Å²) in [5.74, 6) is 2.33. The number of likely N-dealkylation sites (tertiary alicyclic amines) is 1. The first-order valence-electron chi connectivity index (χ1n) is 7.82. The molecule has 1 aliphatic carbocycles. The van der Waals surface area contributed by atoms with Gasteiger partial charge in [-0.05, 0) is 38.8 Å². The predicted octanol–water partition coefficient (Wildman–Crippen LogP) is 3.30. The second-order valence-electron chi connectivity index (χ2n) is 5.89. The Kier molecular flexibility index (Phi) is 4.73. The van der Waals surface area contributed by atoms with Crippen molar-refractivity contribution in [2.45, 2.75) is 44.4 Å². The van der Waals surface area contributed by atoms with E-state index in [1.807, 2.05) is 6.07 Å². The SMILES string of the molecule is Clc1cc(NCCN2CCCCCC2)nc(C2CC2)n1. The quantitative estimate of drug-likeness (QED) is 0.846. The lowest BCUT2D eigenvalue weighted by molar-refractivity contribution is 0.296. The molecule has 1 saturated carbocycles. The van der Waals surface area contributed by atoms with Crippen LogP contribution in [-0.4, -0.2) is 41.0 Å². The van der Waals surface area contributed by atoms with Gasteiger partial charge in [-0.15, -0.1) is 0 Å². The summed E-state index contributed by atoms with van der Waals surface area (Å²) in [6, 6.07) is 1.83. The molecule has 4 nitrogen and oxygen atoms in total. The van der Waals surface area contributed by atoms with Gasteiger partial charge in [0.05, 0.1) is 0 Å². The zero-order valence-corrected chi connectivity index (χ0v) is 12.7. The highest BCUT2D eigenvalue weighted by Gasteiger charge is 2.27. The molecule has 0 unspecified atom stereocenters. The van der Waals surface area contributed by atoms with Crippen molar-refractivity contribution in [1.82, 2.24) is 14.9 Å². The summed E-state index contributed by atoms with van der Waals surface area (Å²) in [6.45, 7) is 4.48. The van der Waals surface area contributed by atoms with Gasteiger partial charge in [0.1, 0.15) is 16.8 Å². The Bertz CT molecular complexity index is 439. The van der Waals surface area contributed by atoms with Crippen molar-refractivity contribution in [3.63, 3.8) is 0 Å². The third-order valence-electron chi connectivity index (χ3n) is 4.09. The average molecular weight is 295 g/mol. The third-order valence-corrected chi connectivity index (χ3v) is 4.28. The van der Waals surface area contributed by atoms with E-state index in [4.69, 9.17) is 11.6 Å². The largest absolute Gasteiger partial charge is 0.369 e. The van der Waals surface area contributed by atoms with E-state index in [1.165, 1.54) is 51.6 Å². The molecule has 1 aliphatic heterocycles. The van der Waals surface area contributed by atoms with E-state index in [1.54, 1.807) is 0 Å². The summed E-state index contributed by atoms with van der Waals surface area (Å²) in [6.07, 6.45) is 7.85. The van der Waals surface area contributed by atoms with Crippen LogP contribution in [0.2, 0.25) is 5.15 Å². The lowest BCUT2D eigenvalue weighted by Crippen LogP contribution is -2.30. The highest BCUT2D eigenvalue weighted by Crippen LogP contribution is 2.38. The van der Waals surface area contributed by atoms with E-state index in [2.05, 4.69) is 20.2 Å². The van der Waals surface area contributed by atoms with E-state index in [0.717, 1.165) is 24.7 Å². The second-order valence-corrected chi connectivity index (χ2v) is 6.28. The van der Waals surface area contributed by atoms with Crippen molar-refractivity contribution in [2.24, 2.45) is 0 Å². The van der Waals surface area contributed by atoms with Gasteiger partial charge in [-0.25, -0.2) is 9.97 Å². The number of halogens is 1. The first kappa shape index (κ1) is 14.1. The van der Waals surface area contributed by atoms with Gasteiger partial charge < -0.3 is 10.2 Å². The zero-order chi connectivity index (χ0) is 13.8. The molecule has 1 aromatic heterocycles. The van der Waals surface area contributed by atoms with Crippen LogP contribution in [-0.2, 0) is 0 Å². The molecule has 2 aliphatic rings. The topological polar surface area (TPSA) is 41.0 Å². The normalized spacial score (nSPS) is 20.6. The molecule has 0 aromatic carbocycles. The van der Waals surface area contributed by atoms with E-state index >= 15 is 0 Å². The van der Waals surface area contributed by atoms with Gasteiger partial charge >= 0.3 is 0 Å². The molecule has 0 bridgehead atoms. The standard InChI is InChI=1S/C15H23ClN4/c16-13-11-14(19-15(18-13)12-5-6-12)17-7-10-20-8-3-1-2-4-9-20/h11-12H,1-10H2,(H,17,18,19). The molecule has 110 valence electrons. The molecule has 1 saturated heterocycles. The number of hydrogen-bond acceptors (Lipinski definition) is 4. The van der Waals surface area contributed by atoms with Crippen LogP contribution in [0.4, 0.5) is 5.82 Å². The predicted molar refractivity (Wildman–Crippen MR) is 82.4 cm³/mol. The molecule has 1 aromatic rings. The van der Waals surface area contributed by atoms with Gasteiger partial charge in [-0.1, -0.05) is 24.4 Å². The monoisotopic (exact) mass is 294 g/mol. The molecule has 0 amide bonds. The van der Waals surface area contributed by atoms with E-state index in [-0.39, 0.29) is 0 Å². The van der Waals surface area contributed by atoms with E-state index in [9.17, 15) is 0 Å². The van der Waals surface area contributed by atoms with Crippen LogP contribution in [0, 0.1) is 0 Å². The maximum absolute atomic E-state index is 6.07. The summed E-state index contributed by atoms with van der Waals surface area (Å²) in [5, 5.41) is 3.95. The lowest BCUT2D eigenvalue weighted by Gasteiger charge is -2.20. The summed E-state index contributed by atoms with van der Waals surface area (Å²) in [5.41, 5.74) is 0. The highest BCUT2D eigenvalue weighted by molar-refractivity contribution is 6.29. The molecule has 1 N–H and O–H groups in total. The van der Waals surface area contributed by atoms with Crippen LogP contribution in [0.25, 0.3) is 0 Å². The van der Waals surface area contributed by atoms with Gasteiger partial charge in [0.25, 0.3) is 0 Å². The van der Waals surface area contributed by atoms with Crippen LogP contribution in [0.5, 0.6) is 0 Å². The smallest absolute Gasteiger partial charge is 0.135 e. The van der Waals surface area contributed by atoms with E-state index in [0.29, 0.717) is 11.1 Å². The lowest BCUT2D eigenvalue weighted by atomic mass is 10.2. The average Bonchev–Trinajstić information content (AvgIpc) is 3.26. The van der Waals surface area contributed by atoms with Crippen LogP contribution >= 0.6 is 11.6 Å². The zero-order valence-electron chi connectivity index (χ0n) is 11.9. The van der Waals surface area contributed by atoms with Gasteiger partial charge in [-0.3, -0.25) is 0 Å². The maximum Gasteiger partial charge on any atom is 0.135 e. The number of nitrogens with one attached hydrogen (secondary N) is 1. The Morgan fingerprint density at radius 1 is 1.15 bits per heavy atom. The molecule has 2 heterocycles. The summed E-state index contributed by atoms with van der Waals surface area (Å²) < 4.78 is 0. The minimum absolute atomic E-state index is 0.542. The highest BCUT2D eigenvalue weighted by atomic mass is 35.5. The van der Waals surface area contributed by atoms with Crippen molar-refractivity contribution in [2.75, 3.05) is 31.5 Å².